The zero-order chi connectivity index (χ0) is 16.2. The molecule has 118 valence electrons. The number of hydrogen-bond donors (Lipinski definition) is 0. The predicted molar refractivity (Wildman–Crippen MR) is 88.2 cm³/mol. The molecule has 0 spiro atoms. The summed E-state index contributed by atoms with van der Waals surface area (Å²) in [5.41, 5.74) is 3.36. The van der Waals surface area contributed by atoms with Gasteiger partial charge >= 0.3 is 0 Å². The van der Waals surface area contributed by atoms with Crippen LogP contribution in [0, 0.1) is 6.92 Å². The molecule has 1 heterocycles. The zero-order valence-corrected chi connectivity index (χ0v) is 13.4. The summed E-state index contributed by atoms with van der Waals surface area (Å²) in [6.45, 7) is 2.22. The van der Waals surface area contributed by atoms with Crippen molar-refractivity contribution in [3.05, 3.63) is 53.9 Å². The van der Waals surface area contributed by atoms with Crippen molar-refractivity contribution in [2.75, 3.05) is 14.2 Å². The number of para-hydroxylation sites is 3. The molecule has 0 saturated heterocycles. The van der Waals surface area contributed by atoms with E-state index in [1.165, 1.54) is 0 Å². The molecule has 0 N–H and O–H groups in total. The molecule has 2 aromatic carbocycles. The van der Waals surface area contributed by atoms with Crippen molar-refractivity contribution in [1.82, 2.24) is 9.97 Å². The van der Waals surface area contributed by atoms with Gasteiger partial charge in [-0.3, -0.25) is 0 Å². The lowest BCUT2D eigenvalue weighted by molar-refractivity contribution is 0.262. The Labute approximate surface area is 134 Å². The van der Waals surface area contributed by atoms with Crippen LogP contribution in [-0.2, 0) is 6.61 Å². The van der Waals surface area contributed by atoms with Gasteiger partial charge in [-0.05, 0) is 31.2 Å². The van der Waals surface area contributed by atoms with E-state index in [-0.39, 0.29) is 0 Å². The predicted octanol–water partition coefficient (Wildman–Crippen LogP) is 3.53. The topological polar surface area (TPSA) is 53.5 Å². The number of ether oxygens (including phenoxy) is 3. The molecule has 3 aromatic rings. The lowest BCUT2D eigenvalue weighted by Gasteiger charge is -2.14. The Bertz CT molecular complexity index is 811. The first-order chi connectivity index (χ1) is 11.2. The molecule has 0 aliphatic heterocycles. The Balaban J connectivity index is 1.90. The highest BCUT2D eigenvalue weighted by atomic mass is 16.5. The molecule has 0 bridgehead atoms. The number of fused-ring (bicyclic) bond motifs is 1. The highest BCUT2D eigenvalue weighted by Gasteiger charge is 2.13. The van der Waals surface area contributed by atoms with Crippen LogP contribution in [0.4, 0.5) is 0 Å². The molecule has 0 aliphatic carbocycles. The summed E-state index contributed by atoms with van der Waals surface area (Å²) in [5, 5.41) is 0. The van der Waals surface area contributed by atoms with E-state index in [2.05, 4.69) is 9.97 Å². The van der Waals surface area contributed by atoms with Crippen molar-refractivity contribution in [3.63, 3.8) is 0 Å². The average molecular weight is 310 g/mol. The van der Waals surface area contributed by atoms with Crippen molar-refractivity contribution in [3.8, 4) is 17.2 Å². The Kier molecular flexibility index (Phi) is 4.28. The van der Waals surface area contributed by atoms with Gasteiger partial charge in [0.15, 0.2) is 11.5 Å². The van der Waals surface area contributed by atoms with Gasteiger partial charge in [0.1, 0.15) is 6.61 Å². The molecule has 5 nitrogen and oxygen atoms in total. The maximum Gasteiger partial charge on any atom is 0.203 e. The molecule has 23 heavy (non-hydrogen) atoms. The molecule has 0 radical (unpaired) electrons. The highest BCUT2D eigenvalue weighted by molar-refractivity contribution is 5.74. The van der Waals surface area contributed by atoms with Gasteiger partial charge in [0.05, 0.1) is 36.6 Å². The fraction of sp³-hybridized carbons (Fsp3) is 0.222. The van der Waals surface area contributed by atoms with Gasteiger partial charge in [0.25, 0.3) is 0 Å². The second-order valence-electron chi connectivity index (χ2n) is 5.02. The van der Waals surface area contributed by atoms with Gasteiger partial charge in [-0.2, -0.15) is 0 Å². The van der Waals surface area contributed by atoms with E-state index >= 15 is 0 Å². The van der Waals surface area contributed by atoms with Crippen LogP contribution in [0.5, 0.6) is 17.2 Å². The quantitative estimate of drug-likeness (QED) is 0.721. The van der Waals surface area contributed by atoms with Gasteiger partial charge in [-0.15, -0.1) is 0 Å². The first kappa shape index (κ1) is 15.1. The van der Waals surface area contributed by atoms with Gasteiger partial charge in [0, 0.05) is 0 Å². The smallest absolute Gasteiger partial charge is 0.203 e. The van der Waals surface area contributed by atoms with Gasteiger partial charge in [-0.1, -0.05) is 18.2 Å². The van der Waals surface area contributed by atoms with Crippen LogP contribution in [0.25, 0.3) is 11.0 Å². The number of nitrogens with zero attached hydrogens (tertiary/aromatic N) is 2. The van der Waals surface area contributed by atoms with Crippen LogP contribution in [0.3, 0.4) is 0 Å². The minimum atomic E-state index is 0.292. The summed E-state index contributed by atoms with van der Waals surface area (Å²) in [6.07, 6.45) is 0. The van der Waals surface area contributed by atoms with Crippen molar-refractivity contribution >= 4 is 11.0 Å². The number of aromatic nitrogens is 2. The Morgan fingerprint density at radius 3 is 2.04 bits per heavy atom. The Morgan fingerprint density at radius 1 is 0.826 bits per heavy atom. The Morgan fingerprint density at radius 2 is 1.43 bits per heavy atom. The molecule has 0 atom stereocenters. The van der Waals surface area contributed by atoms with Crippen molar-refractivity contribution in [2.45, 2.75) is 13.5 Å². The summed E-state index contributed by atoms with van der Waals surface area (Å²) in [4.78, 5) is 9.20. The van der Waals surface area contributed by atoms with E-state index in [1.54, 1.807) is 14.2 Å². The molecular weight excluding hydrogens is 292 g/mol. The second-order valence-corrected chi connectivity index (χ2v) is 5.02. The minimum absolute atomic E-state index is 0.292. The number of benzene rings is 2. The number of methoxy groups -OCH3 is 2. The third-order valence-corrected chi connectivity index (χ3v) is 3.58. The molecule has 0 fully saturated rings. The van der Waals surface area contributed by atoms with E-state index in [0.717, 1.165) is 22.4 Å². The fourth-order valence-corrected chi connectivity index (χ4v) is 2.36. The lowest BCUT2D eigenvalue weighted by atomic mass is 10.2. The molecular formula is C18H18N2O3. The van der Waals surface area contributed by atoms with E-state index in [9.17, 15) is 0 Å². The van der Waals surface area contributed by atoms with Crippen LogP contribution < -0.4 is 14.2 Å². The first-order valence-electron chi connectivity index (χ1n) is 7.29. The maximum absolute atomic E-state index is 5.91. The lowest BCUT2D eigenvalue weighted by Crippen LogP contribution is -2.05. The van der Waals surface area contributed by atoms with Crippen LogP contribution in [0.15, 0.2) is 42.5 Å². The first-order valence-corrected chi connectivity index (χ1v) is 7.29. The monoisotopic (exact) mass is 310 g/mol. The fourth-order valence-electron chi connectivity index (χ4n) is 2.36. The maximum atomic E-state index is 5.91. The summed E-state index contributed by atoms with van der Waals surface area (Å²) >= 11 is 0. The van der Waals surface area contributed by atoms with Crippen molar-refractivity contribution < 1.29 is 14.2 Å². The third kappa shape index (κ3) is 3.04. The molecule has 3 rings (SSSR count). The highest BCUT2D eigenvalue weighted by Crippen LogP contribution is 2.37. The second kappa shape index (κ2) is 6.52. The summed E-state index contributed by atoms with van der Waals surface area (Å²) < 4.78 is 16.6. The molecule has 0 amide bonds. The van der Waals surface area contributed by atoms with E-state index in [0.29, 0.717) is 23.9 Å². The number of aryl methyl sites for hydroxylation is 1. The summed E-state index contributed by atoms with van der Waals surface area (Å²) in [6, 6.07) is 13.3. The number of rotatable bonds is 5. The van der Waals surface area contributed by atoms with E-state index in [4.69, 9.17) is 14.2 Å². The summed E-state index contributed by atoms with van der Waals surface area (Å²) in [7, 11) is 3.20. The van der Waals surface area contributed by atoms with E-state index in [1.807, 2.05) is 49.4 Å². The normalized spacial score (nSPS) is 10.6. The van der Waals surface area contributed by atoms with Crippen LogP contribution in [0.1, 0.15) is 11.4 Å². The molecule has 0 saturated carbocycles. The molecule has 1 aromatic heterocycles. The molecule has 5 heteroatoms. The average Bonchev–Trinajstić information content (AvgIpc) is 2.59. The molecule has 0 aliphatic rings. The van der Waals surface area contributed by atoms with Crippen molar-refractivity contribution in [1.29, 1.82) is 0 Å². The van der Waals surface area contributed by atoms with Crippen molar-refractivity contribution in [2.24, 2.45) is 0 Å². The summed E-state index contributed by atoms with van der Waals surface area (Å²) in [5.74, 6) is 1.80. The largest absolute Gasteiger partial charge is 0.493 e. The third-order valence-electron chi connectivity index (χ3n) is 3.58. The minimum Gasteiger partial charge on any atom is -0.493 e. The zero-order valence-electron chi connectivity index (χ0n) is 13.4. The van der Waals surface area contributed by atoms with Gasteiger partial charge in [0.2, 0.25) is 5.75 Å². The standard InChI is InChI=1S/C18H18N2O3/c1-12-15(20-14-8-5-4-7-13(14)19-12)11-23-18-16(21-2)9-6-10-17(18)22-3/h4-10H,11H2,1-3H3. The van der Waals surface area contributed by atoms with Crippen LogP contribution in [-0.4, -0.2) is 24.2 Å². The van der Waals surface area contributed by atoms with Gasteiger partial charge in [-0.25, -0.2) is 9.97 Å². The number of hydrogen-bond acceptors (Lipinski definition) is 5. The van der Waals surface area contributed by atoms with Gasteiger partial charge < -0.3 is 14.2 Å². The molecule has 0 unspecified atom stereocenters. The van der Waals surface area contributed by atoms with Crippen LogP contribution in [0.2, 0.25) is 0 Å². The Hall–Kier alpha value is -2.82. The SMILES string of the molecule is COc1cccc(OC)c1OCc1nc2ccccc2nc1C. The van der Waals surface area contributed by atoms with E-state index < -0.39 is 0 Å². The van der Waals surface area contributed by atoms with Crippen LogP contribution >= 0.6 is 0 Å².